The Labute approximate surface area is 168 Å². The number of nitrogens with one attached hydrogen (secondary N) is 1. The summed E-state index contributed by atoms with van der Waals surface area (Å²) in [6.07, 6.45) is 7.89. The van der Waals surface area contributed by atoms with Crippen molar-refractivity contribution in [2.75, 3.05) is 44.3 Å². The van der Waals surface area contributed by atoms with Gasteiger partial charge in [-0.15, -0.1) is 0 Å². The molecule has 1 spiro atoms. The number of morpholine rings is 1. The molecule has 5 rings (SSSR count). The van der Waals surface area contributed by atoms with E-state index in [1.165, 1.54) is 12.4 Å². The molecule has 0 radical (unpaired) electrons. The number of piperidine rings is 1. The SMILES string of the molecule is O=C(c1cnccn1)N1CCC2(CCc3c2nc(N2CCOCC2)[nH]c3=O)CC1. The van der Waals surface area contributed by atoms with Gasteiger partial charge >= 0.3 is 0 Å². The molecule has 2 fully saturated rings. The number of hydrogen-bond donors (Lipinski definition) is 1. The molecule has 3 aliphatic rings. The smallest absolute Gasteiger partial charge is 0.274 e. The van der Waals surface area contributed by atoms with Gasteiger partial charge in [0.1, 0.15) is 5.69 Å². The van der Waals surface area contributed by atoms with Crippen molar-refractivity contribution >= 4 is 11.9 Å². The van der Waals surface area contributed by atoms with Crippen molar-refractivity contribution in [2.24, 2.45) is 0 Å². The standard InChI is InChI=1S/C20H24N6O3/c27-17-14-1-2-20(16(14)23-19(24-17)26-9-11-29-12-10-26)3-7-25(8-4-20)18(28)15-13-21-5-6-22-15/h5-6,13H,1-4,7-12H2,(H,23,24,27). The molecule has 2 aromatic heterocycles. The fourth-order valence-corrected chi connectivity index (χ4v) is 4.76. The molecule has 9 heteroatoms. The van der Waals surface area contributed by atoms with E-state index in [0.29, 0.717) is 37.9 Å². The monoisotopic (exact) mass is 396 g/mol. The van der Waals surface area contributed by atoms with Gasteiger partial charge in [0.25, 0.3) is 11.5 Å². The Balaban J connectivity index is 1.38. The lowest BCUT2D eigenvalue weighted by Gasteiger charge is -2.39. The lowest BCUT2D eigenvalue weighted by atomic mass is 9.76. The van der Waals surface area contributed by atoms with Crippen molar-refractivity contribution in [3.8, 4) is 0 Å². The Hall–Kier alpha value is -2.81. The molecule has 9 nitrogen and oxygen atoms in total. The molecular weight excluding hydrogens is 372 g/mol. The summed E-state index contributed by atoms with van der Waals surface area (Å²) in [7, 11) is 0. The molecule has 2 aromatic rings. The first-order chi connectivity index (χ1) is 14.2. The van der Waals surface area contributed by atoms with Gasteiger partial charge in [-0.3, -0.25) is 19.6 Å². The van der Waals surface area contributed by atoms with Gasteiger partial charge in [0.15, 0.2) is 0 Å². The van der Waals surface area contributed by atoms with Crippen molar-refractivity contribution in [3.05, 3.63) is 45.9 Å². The van der Waals surface area contributed by atoms with Crippen LogP contribution in [0.2, 0.25) is 0 Å². The Kier molecular flexibility index (Phi) is 4.54. The topological polar surface area (TPSA) is 104 Å². The number of ether oxygens (including phenoxy) is 1. The fourth-order valence-electron chi connectivity index (χ4n) is 4.76. The van der Waals surface area contributed by atoms with E-state index in [-0.39, 0.29) is 16.9 Å². The minimum Gasteiger partial charge on any atom is -0.378 e. The molecule has 0 atom stereocenters. The van der Waals surface area contributed by atoms with Crippen LogP contribution in [0.4, 0.5) is 5.95 Å². The highest BCUT2D eigenvalue weighted by molar-refractivity contribution is 5.92. The second-order valence-corrected chi connectivity index (χ2v) is 7.98. The predicted octanol–water partition coefficient (Wildman–Crippen LogP) is 0.517. The van der Waals surface area contributed by atoms with E-state index in [2.05, 4.69) is 19.9 Å². The number of likely N-dealkylation sites (tertiary alicyclic amines) is 1. The highest BCUT2D eigenvalue weighted by Crippen LogP contribution is 2.44. The van der Waals surface area contributed by atoms with Crippen LogP contribution in [0.1, 0.15) is 41.0 Å². The molecule has 2 saturated heterocycles. The van der Waals surface area contributed by atoms with Gasteiger partial charge < -0.3 is 14.5 Å². The van der Waals surface area contributed by atoms with Crippen LogP contribution >= 0.6 is 0 Å². The number of aromatic nitrogens is 4. The van der Waals surface area contributed by atoms with Gasteiger partial charge in [-0.2, -0.15) is 0 Å². The molecule has 0 aromatic carbocycles. The van der Waals surface area contributed by atoms with Crippen molar-refractivity contribution in [1.29, 1.82) is 0 Å². The van der Waals surface area contributed by atoms with E-state index in [4.69, 9.17) is 9.72 Å². The first-order valence-electron chi connectivity index (χ1n) is 10.2. The first-order valence-corrected chi connectivity index (χ1v) is 10.2. The third-order valence-electron chi connectivity index (χ3n) is 6.46. The van der Waals surface area contributed by atoms with Crippen LogP contribution in [0.25, 0.3) is 0 Å². The molecule has 29 heavy (non-hydrogen) atoms. The molecule has 0 unspecified atom stereocenters. The average Bonchev–Trinajstić information content (AvgIpc) is 3.13. The average molecular weight is 396 g/mol. The minimum atomic E-state index is -0.121. The zero-order valence-electron chi connectivity index (χ0n) is 16.3. The third kappa shape index (κ3) is 3.19. The number of nitrogens with zero attached hydrogens (tertiary/aromatic N) is 5. The van der Waals surface area contributed by atoms with E-state index in [1.807, 2.05) is 4.90 Å². The van der Waals surface area contributed by atoms with Gasteiger partial charge in [0.05, 0.1) is 25.1 Å². The maximum atomic E-state index is 12.7. The van der Waals surface area contributed by atoms with Gasteiger partial charge in [-0.1, -0.05) is 0 Å². The third-order valence-corrected chi connectivity index (χ3v) is 6.46. The number of amides is 1. The van der Waals surface area contributed by atoms with Gasteiger partial charge in [-0.25, -0.2) is 9.97 Å². The Bertz CT molecular complexity index is 962. The van der Waals surface area contributed by atoms with Crippen molar-refractivity contribution < 1.29 is 9.53 Å². The molecule has 2 aliphatic heterocycles. The summed E-state index contributed by atoms with van der Waals surface area (Å²) in [5.74, 6) is 0.565. The number of aromatic amines is 1. The van der Waals surface area contributed by atoms with Crippen LogP contribution in [0, 0.1) is 0 Å². The van der Waals surface area contributed by atoms with E-state index in [9.17, 15) is 9.59 Å². The summed E-state index contributed by atoms with van der Waals surface area (Å²) in [5.41, 5.74) is 1.99. The van der Waals surface area contributed by atoms with Crippen LogP contribution in [0.15, 0.2) is 23.4 Å². The van der Waals surface area contributed by atoms with E-state index < -0.39 is 0 Å². The van der Waals surface area contributed by atoms with Crippen LogP contribution in [-0.4, -0.2) is 70.1 Å². The number of fused-ring (bicyclic) bond motifs is 2. The number of carbonyl (C=O) groups is 1. The van der Waals surface area contributed by atoms with Crippen LogP contribution in [0.3, 0.4) is 0 Å². The van der Waals surface area contributed by atoms with Gasteiger partial charge in [-0.05, 0) is 25.7 Å². The molecule has 1 amide bonds. The lowest BCUT2D eigenvalue weighted by molar-refractivity contribution is 0.0657. The minimum absolute atomic E-state index is 0.0218. The van der Waals surface area contributed by atoms with Gasteiger partial charge in [0, 0.05) is 49.6 Å². The number of anilines is 1. The van der Waals surface area contributed by atoms with Crippen LogP contribution in [-0.2, 0) is 16.6 Å². The maximum Gasteiger partial charge on any atom is 0.274 e. The van der Waals surface area contributed by atoms with E-state index in [0.717, 1.165) is 50.0 Å². The lowest BCUT2D eigenvalue weighted by Crippen LogP contribution is -2.45. The maximum absolute atomic E-state index is 12.7. The summed E-state index contributed by atoms with van der Waals surface area (Å²) in [6, 6.07) is 0. The van der Waals surface area contributed by atoms with Crippen molar-refractivity contribution in [1.82, 2.24) is 24.8 Å². The first kappa shape index (κ1) is 18.2. The molecule has 4 heterocycles. The van der Waals surface area contributed by atoms with Gasteiger partial charge in [0.2, 0.25) is 5.95 Å². The summed E-state index contributed by atoms with van der Waals surface area (Å²) in [6.45, 7) is 4.02. The number of H-pyrrole nitrogens is 1. The summed E-state index contributed by atoms with van der Waals surface area (Å²) < 4.78 is 5.42. The molecule has 1 N–H and O–H groups in total. The Morgan fingerprint density at radius 3 is 2.62 bits per heavy atom. The zero-order valence-corrected chi connectivity index (χ0v) is 16.3. The van der Waals surface area contributed by atoms with E-state index >= 15 is 0 Å². The summed E-state index contributed by atoms with van der Waals surface area (Å²) >= 11 is 0. The summed E-state index contributed by atoms with van der Waals surface area (Å²) in [5, 5.41) is 0. The normalized spacial score (nSPS) is 20.7. The van der Waals surface area contributed by atoms with Crippen LogP contribution < -0.4 is 10.5 Å². The molecule has 1 aliphatic carbocycles. The molecule has 0 saturated carbocycles. The fraction of sp³-hybridized carbons (Fsp3) is 0.550. The molecule has 0 bridgehead atoms. The number of carbonyl (C=O) groups excluding carboxylic acids is 1. The zero-order chi connectivity index (χ0) is 19.8. The Morgan fingerprint density at radius 2 is 1.90 bits per heavy atom. The second kappa shape index (κ2) is 7.22. The van der Waals surface area contributed by atoms with Crippen LogP contribution in [0.5, 0.6) is 0 Å². The molecular formula is C20H24N6O3. The molecule has 152 valence electrons. The van der Waals surface area contributed by atoms with Crippen molar-refractivity contribution in [3.63, 3.8) is 0 Å². The number of rotatable bonds is 2. The highest BCUT2D eigenvalue weighted by Gasteiger charge is 2.45. The van der Waals surface area contributed by atoms with Crippen molar-refractivity contribution in [2.45, 2.75) is 31.1 Å². The quantitative estimate of drug-likeness (QED) is 0.789. The summed E-state index contributed by atoms with van der Waals surface area (Å²) in [4.78, 5) is 45.4. The van der Waals surface area contributed by atoms with E-state index in [1.54, 1.807) is 6.20 Å². The second-order valence-electron chi connectivity index (χ2n) is 7.98. The Morgan fingerprint density at radius 1 is 1.10 bits per heavy atom. The number of hydrogen-bond acceptors (Lipinski definition) is 7. The predicted molar refractivity (Wildman–Crippen MR) is 105 cm³/mol. The highest BCUT2D eigenvalue weighted by atomic mass is 16.5. The largest absolute Gasteiger partial charge is 0.378 e.